The van der Waals surface area contributed by atoms with E-state index in [4.69, 9.17) is 9.57 Å². The number of aromatic nitrogens is 5. The molecule has 1 N–H and O–H groups in total. The Morgan fingerprint density at radius 2 is 2.14 bits per heavy atom. The van der Waals surface area contributed by atoms with E-state index >= 15 is 0 Å². The average Bonchev–Trinajstić information content (AvgIpc) is 3.35. The first kappa shape index (κ1) is 20.6. The predicted octanol–water partition coefficient (Wildman–Crippen LogP) is 2.00. The summed E-state index contributed by atoms with van der Waals surface area (Å²) in [5, 5.41) is 20.8. The van der Waals surface area contributed by atoms with Crippen LogP contribution in [0.25, 0.3) is 0 Å². The number of amides is 1. The Hall–Kier alpha value is -3.18. The van der Waals surface area contributed by atoms with E-state index in [1.807, 2.05) is 35.7 Å². The molecular formula is C18H21N7O3S. The van der Waals surface area contributed by atoms with Gasteiger partial charge in [-0.05, 0) is 16.8 Å². The third kappa shape index (κ3) is 5.90. The van der Waals surface area contributed by atoms with Crippen molar-refractivity contribution in [2.24, 2.45) is 12.2 Å². The average molecular weight is 415 g/mol. The van der Waals surface area contributed by atoms with Crippen LogP contribution in [0.4, 0.5) is 5.13 Å². The maximum absolute atomic E-state index is 11.8. The number of methoxy groups -OCH3 is 1. The lowest BCUT2D eigenvalue weighted by Gasteiger charge is -2.05. The van der Waals surface area contributed by atoms with Gasteiger partial charge in [0.1, 0.15) is 0 Å². The van der Waals surface area contributed by atoms with Gasteiger partial charge >= 0.3 is 0 Å². The van der Waals surface area contributed by atoms with Crippen molar-refractivity contribution < 1.29 is 14.4 Å². The zero-order valence-electron chi connectivity index (χ0n) is 16.1. The van der Waals surface area contributed by atoms with Crippen LogP contribution in [-0.2, 0) is 28.0 Å². The number of thiazole rings is 1. The number of benzene rings is 1. The Kier molecular flexibility index (Phi) is 7.36. The molecule has 10 nitrogen and oxygen atoms in total. The Labute approximate surface area is 171 Å². The minimum atomic E-state index is -0.0944. The standard InChI is InChI=1S/C18H21N7O3S/c1-25-17(21-23-24-25)16(13-7-4-3-5-8-13)22-28-11-14-12-29-18(19-14)20-15(26)9-6-10-27-2/h3-5,7-8,12H,6,9-11H2,1-2H3,(H,19,20,26)/b22-16-. The van der Waals surface area contributed by atoms with E-state index in [2.05, 4.69) is 31.0 Å². The second-order valence-corrected chi connectivity index (χ2v) is 6.85. The number of nitrogens with one attached hydrogen (secondary N) is 1. The number of carbonyl (C=O) groups is 1. The minimum Gasteiger partial charge on any atom is -0.389 e. The Morgan fingerprint density at radius 1 is 1.31 bits per heavy atom. The molecule has 0 aliphatic heterocycles. The van der Waals surface area contributed by atoms with E-state index in [1.54, 1.807) is 14.2 Å². The third-order valence-corrected chi connectivity index (χ3v) is 4.60. The number of rotatable bonds is 10. The van der Waals surface area contributed by atoms with Gasteiger partial charge in [-0.15, -0.1) is 16.4 Å². The molecule has 2 aromatic heterocycles. The van der Waals surface area contributed by atoms with Gasteiger partial charge in [0.05, 0.1) is 5.69 Å². The fraction of sp³-hybridized carbons (Fsp3) is 0.333. The molecule has 0 saturated heterocycles. The van der Waals surface area contributed by atoms with Crippen LogP contribution in [0, 0.1) is 0 Å². The first-order valence-electron chi connectivity index (χ1n) is 8.88. The van der Waals surface area contributed by atoms with Gasteiger partial charge in [0.15, 0.2) is 17.5 Å². The molecule has 0 fully saturated rings. The van der Waals surface area contributed by atoms with Crippen molar-refractivity contribution in [3.05, 3.63) is 52.8 Å². The molecular weight excluding hydrogens is 394 g/mol. The van der Waals surface area contributed by atoms with Crippen LogP contribution in [0.15, 0.2) is 40.9 Å². The zero-order valence-corrected chi connectivity index (χ0v) is 16.9. The van der Waals surface area contributed by atoms with E-state index in [9.17, 15) is 4.79 Å². The van der Waals surface area contributed by atoms with Crippen molar-refractivity contribution in [1.29, 1.82) is 0 Å². The highest BCUT2D eigenvalue weighted by atomic mass is 32.1. The summed E-state index contributed by atoms with van der Waals surface area (Å²) >= 11 is 1.33. The van der Waals surface area contributed by atoms with Gasteiger partial charge in [0.2, 0.25) is 11.7 Å². The zero-order chi connectivity index (χ0) is 20.5. The van der Waals surface area contributed by atoms with Crippen LogP contribution in [0.2, 0.25) is 0 Å². The number of ether oxygens (including phenoxy) is 1. The second-order valence-electron chi connectivity index (χ2n) is 5.99. The molecule has 0 spiro atoms. The van der Waals surface area contributed by atoms with Gasteiger partial charge in [-0.2, -0.15) is 0 Å². The van der Waals surface area contributed by atoms with Crippen molar-refractivity contribution in [2.45, 2.75) is 19.4 Å². The molecule has 152 valence electrons. The molecule has 0 saturated carbocycles. The number of hydrogen-bond donors (Lipinski definition) is 1. The molecule has 1 aromatic carbocycles. The topological polar surface area (TPSA) is 116 Å². The van der Waals surface area contributed by atoms with Crippen molar-refractivity contribution in [3.8, 4) is 0 Å². The van der Waals surface area contributed by atoms with Gasteiger partial charge in [0, 0.05) is 38.1 Å². The van der Waals surface area contributed by atoms with Gasteiger partial charge in [-0.25, -0.2) is 9.67 Å². The molecule has 29 heavy (non-hydrogen) atoms. The van der Waals surface area contributed by atoms with Crippen LogP contribution < -0.4 is 5.32 Å². The SMILES string of the molecule is COCCCC(=O)Nc1nc(CO/N=C(/c2ccccc2)c2nnnn2C)cs1. The van der Waals surface area contributed by atoms with E-state index in [-0.39, 0.29) is 12.5 Å². The highest BCUT2D eigenvalue weighted by Gasteiger charge is 2.15. The lowest BCUT2D eigenvalue weighted by molar-refractivity contribution is -0.116. The van der Waals surface area contributed by atoms with Crippen LogP contribution in [0.3, 0.4) is 0 Å². The van der Waals surface area contributed by atoms with Crippen molar-refractivity contribution >= 4 is 28.1 Å². The lowest BCUT2D eigenvalue weighted by atomic mass is 10.1. The maximum Gasteiger partial charge on any atom is 0.226 e. The smallest absolute Gasteiger partial charge is 0.226 e. The van der Waals surface area contributed by atoms with Crippen molar-refractivity contribution in [3.63, 3.8) is 0 Å². The monoisotopic (exact) mass is 415 g/mol. The van der Waals surface area contributed by atoms with Crippen LogP contribution >= 0.6 is 11.3 Å². The molecule has 0 aliphatic carbocycles. The Balaban J connectivity index is 1.62. The normalized spacial score (nSPS) is 11.4. The molecule has 3 rings (SSSR count). The van der Waals surface area contributed by atoms with Gasteiger partial charge in [0.25, 0.3) is 0 Å². The van der Waals surface area contributed by atoms with E-state index < -0.39 is 0 Å². The molecule has 0 unspecified atom stereocenters. The summed E-state index contributed by atoms with van der Waals surface area (Å²) in [7, 11) is 3.34. The third-order valence-electron chi connectivity index (χ3n) is 3.80. The Bertz CT molecular complexity index is 955. The molecule has 0 bridgehead atoms. The van der Waals surface area contributed by atoms with Gasteiger partial charge < -0.3 is 14.9 Å². The molecule has 11 heteroatoms. The maximum atomic E-state index is 11.8. The molecule has 0 atom stereocenters. The fourth-order valence-electron chi connectivity index (χ4n) is 2.40. The van der Waals surface area contributed by atoms with Crippen LogP contribution in [-0.4, -0.2) is 50.5 Å². The Morgan fingerprint density at radius 3 is 2.86 bits per heavy atom. The highest BCUT2D eigenvalue weighted by molar-refractivity contribution is 7.13. The fourth-order valence-corrected chi connectivity index (χ4v) is 3.11. The minimum absolute atomic E-state index is 0.0944. The summed E-state index contributed by atoms with van der Waals surface area (Å²) < 4.78 is 6.46. The summed E-state index contributed by atoms with van der Waals surface area (Å²) in [4.78, 5) is 21.7. The van der Waals surface area contributed by atoms with Crippen LogP contribution in [0.1, 0.15) is 29.9 Å². The number of oxime groups is 1. The predicted molar refractivity (Wildman–Crippen MR) is 108 cm³/mol. The molecule has 2 heterocycles. The first-order valence-corrected chi connectivity index (χ1v) is 9.76. The van der Waals surface area contributed by atoms with E-state index in [0.29, 0.717) is 41.8 Å². The summed E-state index contributed by atoms with van der Waals surface area (Å²) in [5.41, 5.74) is 2.00. The highest BCUT2D eigenvalue weighted by Crippen LogP contribution is 2.17. The molecule has 1 amide bonds. The quantitative estimate of drug-likeness (QED) is 0.306. The second kappa shape index (κ2) is 10.4. The molecule has 0 aliphatic rings. The lowest BCUT2D eigenvalue weighted by Crippen LogP contribution is -2.12. The first-order chi connectivity index (χ1) is 14.2. The van der Waals surface area contributed by atoms with Crippen LogP contribution in [0.5, 0.6) is 0 Å². The largest absolute Gasteiger partial charge is 0.389 e. The number of tetrazole rings is 1. The van der Waals surface area contributed by atoms with Gasteiger partial charge in [-0.1, -0.05) is 35.5 Å². The summed E-state index contributed by atoms with van der Waals surface area (Å²) in [5.74, 6) is 0.390. The number of aryl methyl sites for hydroxylation is 1. The van der Waals surface area contributed by atoms with Crippen molar-refractivity contribution in [1.82, 2.24) is 25.2 Å². The number of hydrogen-bond acceptors (Lipinski definition) is 9. The molecule has 3 aromatic rings. The van der Waals surface area contributed by atoms with Crippen molar-refractivity contribution in [2.75, 3.05) is 19.0 Å². The van der Waals surface area contributed by atoms with Gasteiger partial charge in [-0.3, -0.25) is 4.79 Å². The van der Waals surface area contributed by atoms with E-state index in [0.717, 1.165) is 5.56 Å². The number of anilines is 1. The number of nitrogens with zero attached hydrogens (tertiary/aromatic N) is 6. The van der Waals surface area contributed by atoms with E-state index in [1.165, 1.54) is 16.0 Å². The number of carbonyl (C=O) groups excluding carboxylic acids is 1. The summed E-state index contributed by atoms with van der Waals surface area (Å²) in [6, 6.07) is 9.51. The summed E-state index contributed by atoms with van der Waals surface area (Å²) in [6.07, 6.45) is 1.05. The summed E-state index contributed by atoms with van der Waals surface area (Å²) in [6.45, 7) is 0.699. The molecule has 0 radical (unpaired) electrons.